The van der Waals surface area contributed by atoms with Crippen LogP contribution in [0.15, 0.2) is 47.4 Å². The molecule has 0 aliphatic heterocycles. The van der Waals surface area contributed by atoms with Crippen molar-refractivity contribution < 1.29 is 26.2 Å². The van der Waals surface area contributed by atoms with Crippen molar-refractivity contribution in [3.8, 4) is 5.75 Å². The van der Waals surface area contributed by atoms with Crippen molar-refractivity contribution in [3.63, 3.8) is 0 Å². The van der Waals surface area contributed by atoms with E-state index in [1.165, 1.54) is 18.2 Å². The molecule has 0 radical (unpaired) electrons. The molecule has 0 saturated heterocycles. The first-order valence-electron chi connectivity index (χ1n) is 5.50. The van der Waals surface area contributed by atoms with Gasteiger partial charge in [-0.05, 0) is 30.3 Å². The van der Waals surface area contributed by atoms with Crippen molar-refractivity contribution in [3.05, 3.63) is 58.9 Å². The van der Waals surface area contributed by atoms with E-state index >= 15 is 0 Å². The molecule has 2 aromatic carbocycles. The smallest absolute Gasteiger partial charge is 0.345 e. The zero-order valence-corrected chi connectivity index (χ0v) is 11.8. The summed E-state index contributed by atoms with van der Waals surface area (Å²) in [4.78, 5) is 10.9. The fourth-order valence-corrected chi connectivity index (χ4v) is 2.19. The molecule has 2 rings (SSSR count). The minimum atomic E-state index is -5.03. The molecule has 0 aliphatic rings. The van der Waals surface area contributed by atoms with Crippen molar-refractivity contribution >= 4 is 27.8 Å². The first-order chi connectivity index (χ1) is 9.79. The van der Waals surface area contributed by atoms with E-state index in [2.05, 4.69) is 0 Å². The highest BCUT2D eigenvalue weighted by Crippen LogP contribution is 2.24. The number of hydrogen-bond donors (Lipinski definition) is 0. The molecule has 8 heteroatoms. The molecule has 21 heavy (non-hydrogen) atoms. The van der Waals surface area contributed by atoms with Gasteiger partial charge in [0.2, 0.25) is 0 Å². The number of hydrogen-bond acceptors (Lipinski definition) is 4. The summed E-state index contributed by atoms with van der Waals surface area (Å²) in [6.45, 7) is 0. The van der Waals surface area contributed by atoms with Crippen molar-refractivity contribution in [2.75, 3.05) is 0 Å². The summed E-state index contributed by atoms with van der Waals surface area (Å²) in [5, 5.41) is 0.117. The average molecular weight is 333 g/mol. The largest absolute Gasteiger partial charge is 0.420 e. The lowest BCUT2D eigenvalue weighted by atomic mass is 10.2. The molecule has 110 valence electrons. The van der Waals surface area contributed by atoms with Crippen LogP contribution in [-0.2, 0) is 10.2 Å². The molecule has 0 aromatic heterocycles. The second kappa shape index (κ2) is 5.79. The quantitative estimate of drug-likeness (QED) is 0.491. The van der Waals surface area contributed by atoms with Crippen LogP contribution in [0.5, 0.6) is 5.75 Å². The lowest BCUT2D eigenvalue weighted by Gasteiger charge is -2.07. The van der Waals surface area contributed by atoms with Crippen LogP contribution in [0.3, 0.4) is 0 Å². The summed E-state index contributed by atoms with van der Waals surface area (Å²) in [7, 11) is -5.03. The van der Waals surface area contributed by atoms with Crippen molar-refractivity contribution in [2.45, 2.75) is 4.90 Å². The third-order valence-electron chi connectivity index (χ3n) is 2.48. The fourth-order valence-electron chi connectivity index (χ4n) is 1.50. The molecular formula is C13H7ClF2O4S. The van der Waals surface area contributed by atoms with Gasteiger partial charge in [-0.2, -0.15) is 8.42 Å². The van der Waals surface area contributed by atoms with Crippen molar-refractivity contribution in [1.82, 2.24) is 0 Å². The zero-order valence-electron chi connectivity index (χ0n) is 10.2. The van der Waals surface area contributed by atoms with E-state index in [0.29, 0.717) is 6.07 Å². The number of rotatable bonds is 3. The molecule has 0 unspecified atom stereocenters. The Morgan fingerprint density at radius 3 is 2.38 bits per heavy atom. The molecule has 0 saturated carbocycles. The Bertz CT molecular complexity index is 806. The SMILES string of the molecule is O=C(Oc1ccc(S(=O)(=O)F)cc1F)c1ccccc1Cl. The van der Waals surface area contributed by atoms with Gasteiger partial charge in [0.15, 0.2) is 11.6 Å². The molecule has 0 spiro atoms. The highest BCUT2D eigenvalue weighted by Gasteiger charge is 2.18. The standard InChI is InChI=1S/C13H7ClF2O4S/c14-10-4-2-1-3-9(10)13(17)20-12-6-5-8(7-11(12)15)21(16,18)19/h1-7H. The van der Waals surface area contributed by atoms with Gasteiger partial charge >= 0.3 is 16.2 Å². The van der Waals surface area contributed by atoms with Gasteiger partial charge in [-0.15, -0.1) is 3.89 Å². The molecule has 0 heterocycles. The van der Waals surface area contributed by atoms with Gasteiger partial charge in [-0.3, -0.25) is 0 Å². The minimum absolute atomic E-state index is 0.0146. The molecule has 0 aliphatic carbocycles. The Labute approximate surface area is 124 Å². The first-order valence-corrected chi connectivity index (χ1v) is 7.26. The summed E-state index contributed by atoms with van der Waals surface area (Å²) in [5.74, 6) is -2.64. The van der Waals surface area contributed by atoms with E-state index in [0.717, 1.165) is 12.1 Å². The topological polar surface area (TPSA) is 60.4 Å². The Morgan fingerprint density at radius 2 is 1.81 bits per heavy atom. The van der Waals surface area contributed by atoms with Crippen LogP contribution >= 0.6 is 11.6 Å². The molecule has 0 fully saturated rings. The molecular weight excluding hydrogens is 326 g/mol. The Morgan fingerprint density at radius 1 is 1.14 bits per heavy atom. The van der Waals surface area contributed by atoms with Gasteiger partial charge in [0.1, 0.15) is 4.90 Å². The highest BCUT2D eigenvalue weighted by atomic mass is 35.5. The number of benzene rings is 2. The normalized spacial score (nSPS) is 11.2. The Hall–Kier alpha value is -1.99. The van der Waals surface area contributed by atoms with Gasteiger partial charge < -0.3 is 4.74 Å². The molecule has 0 bridgehead atoms. The summed E-state index contributed by atoms with van der Waals surface area (Å²) < 4.78 is 52.3. The van der Waals surface area contributed by atoms with Crippen LogP contribution in [0.4, 0.5) is 8.28 Å². The monoisotopic (exact) mass is 332 g/mol. The predicted octanol–water partition coefficient (Wildman–Crippen LogP) is 3.36. The van der Waals surface area contributed by atoms with Crippen molar-refractivity contribution in [2.24, 2.45) is 0 Å². The van der Waals surface area contributed by atoms with E-state index < -0.39 is 32.7 Å². The van der Waals surface area contributed by atoms with Gasteiger partial charge in [-0.25, -0.2) is 9.18 Å². The molecule has 0 N–H and O–H groups in total. The second-order valence-corrected chi connectivity index (χ2v) is 5.65. The zero-order chi connectivity index (χ0) is 15.6. The first kappa shape index (κ1) is 15.4. The molecule has 4 nitrogen and oxygen atoms in total. The fraction of sp³-hybridized carbons (Fsp3) is 0. The summed E-state index contributed by atoms with van der Waals surface area (Å²) in [6, 6.07) is 8.02. The van der Waals surface area contributed by atoms with Crippen LogP contribution in [0.2, 0.25) is 5.02 Å². The average Bonchev–Trinajstić information content (AvgIpc) is 2.40. The van der Waals surface area contributed by atoms with E-state index in [4.69, 9.17) is 16.3 Å². The molecule has 2 aromatic rings. The van der Waals surface area contributed by atoms with E-state index in [1.807, 2.05) is 0 Å². The Balaban J connectivity index is 2.29. The number of halogens is 3. The van der Waals surface area contributed by atoms with Crippen LogP contribution in [0.25, 0.3) is 0 Å². The van der Waals surface area contributed by atoms with E-state index in [-0.39, 0.29) is 10.6 Å². The third kappa shape index (κ3) is 3.56. The van der Waals surface area contributed by atoms with Crippen molar-refractivity contribution in [1.29, 1.82) is 0 Å². The number of carbonyl (C=O) groups is 1. The van der Waals surface area contributed by atoms with E-state index in [9.17, 15) is 21.5 Å². The van der Waals surface area contributed by atoms with Crippen LogP contribution in [0, 0.1) is 5.82 Å². The third-order valence-corrected chi connectivity index (χ3v) is 3.63. The summed E-state index contributed by atoms with van der Waals surface area (Å²) in [5.41, 5.74) is 0.0146. The van der Waals surface area contributed by atoms with E-state index in [1.54, 1.807) is 6.07 Å². The lowest BCUT2D eigenvalue weighted by Crippen LogP contribution is -2.10. The highest BCUT2D eigenvalue weighted by molar-refractivity contribution is 7.86. The maximum Gasteiger partial charge on any atom is 0.345 e. The number of esters is 1. The molecule has 0 amide bonds. The van der Waals surface area contributed by atoms with Crippen LogP contribution in [0.1, 0.15) is 10.4 Å². The number of ether oxygens (including phenoxy) is 1. The Kier molecular flexibility index (Phi) is 4.24. The van der Waals surface area contributed by atoms with Gasteiger partial charge in [0, 0.05) is 0 Å². The van der Waals surface area contributed by atoms with Gasteiger partial charge in [-0.1, -0.05) is 23.7 Å². The summed E-state index contributed by atoms with van der Waals surface area (Å²) >= 11 is 5.79. The number of carbonyl (C=O) groups excluding carboxylic acids is 1. The van der Waals surface area contributed by atoms with Crippen LogP contribution < -0.4 is 4.74 Å². The maximum absolute atomic E-state index is 13.6. The maximum atomic E-state index is 13.6. The molecule has 0 atom stereocenters. The lowest BCUT2D eigenvalue weighted by molar-refractivity contribution is 0.0728. The van der Waals surface area contributed by atoms with Crippen LogP contribution in [-0.4, -0.2) is 14.4 Å². The minimum Gasteiger partial charge on any atom is -0.420 e. The predicted molar refractivity (Wildman–Crippen MR) is 71.1 cm³/mol. The summed E-state index contributed by atoms with van der Waals surface area (Å²) in [6.07, 6.45) is 0. The second-order valence-electron chi connectivity index (χ2n) is 3.90. The van der Waals surface area contributed by atoms with Gasteiger partial charge in [0.05, 0.1) is 10.6 Å². The van der Waals surface area contributed by atoms with Gasteiger partial charge in [0.25, 0.3) is 0 Å².